The molecule has 1 aromatic carbocycles. The van der Waals surface area contributed by atoms with Crippen molar-refractivity contribution in [3.05, 3.63) is 29.3 Å². The van der Waals surface area contributed by atoms with Crippen molar-refractivity contribution in [2.24, 2.45) is 0 Å². The summed E-state index contributed by atoms with van der Waals surface area (Å²) in [5, 5.41) is 3.48. The quantitative estimate of drug-likeness (QED) is 0.763. The van der Waals surface area contributed by atoms with Crippen LogP contribution in [-0.4, -0.2) is 13.2 Å². The smallest absolute Gasteiger partial charge is 0.0737 e. The Balaban J connectivity index is 2.09. The number of rotatable bonds is 4. The molecule has 0 atom stereocenters. The minimum absolute atomic E-state index is 0.740. The fraction of sp³-hybridized carbons (Fsp3) is 0.538. The second-order valence-corrected chi connectivity index (χ2v) is 4.03. The number of ether oxygens (including phenoxy) is 1. The van der Waals surface area contributed by atoms with Crippen molar-refractivity contribution >= 4 is 5.69 Å². The maximum Gasteiger partial charge on any atom is 0.0737 e. The fourth-order valence-corrected chi connectivity index (χ4v) is 2.03. The zero-order valence-electron chi connectivity index (χ0n) is 9.38. The molecule has 0 saturated carbocycles. The summed E-state index contributed by atoms with van der Waals surface area (Å²) in [5.74, 6) is 0. The Morgan fingerprint density at radius 1 is 1.40 bits per heavy atom. The third kappa shape index (κ3) is 2.51. The Morgan fingerprint density at radius 3 is 3.20 bits per heavy atom. The Labute approximate surface area is 91.6 Å². The van der Waals surface area contributed by atoms with Crippen LogP contribution in [0.3, 0.4) is 0 Å². The summed E-state index contributed by atoms with van der Waals surface area (Å²) >= 11 is 0. The number of para-hydroxylation sites is 1. The van der Waals surface area contributed by atoms with Crippen LogP contribution in [0.25, 0.3) is 0 Å². The highest BCUT2D eigenvalue weighted by Crippen LogP contribution is 2.26. The van der Waals surface area contributed by atoms with Crippen LogP contribution in [0.1, 0.15) is 30.9 Å². The van der Waals surface area contributed by atoms with Crippen LogP contribution in [0.5, 0.6) is 0 Å². The Bertz CT molecular complexity index is 322. The van der Waals surface area contributed by atoms with Gasteiger partial charge >= 0.3 is 0 Å². The number of anilines is 1. The van der Waals surface area contributed by atoms with E-state index >= 15 is 0 Å². The van der Waals surface area contributed by atoms with Crippen molar-refractivity contribution in [1.82, 2.24) is 0 Å². The van der Waals surface area contributed by atoms with Gasteiger partial charge in [-0.2, -0.15) is 0 Å². The van der Waals surface area contributed by atoms with Gasteiger partial charge in [-0.05, 0) is 24.8 Å². The van der Waals surface area contributed by atoms with Crippen molar-refractivity contribution in [3.8, 4) is 0 Å². The Hall–Kier alpha value is -1.02. The number of nitrogens with one attached hydrogen (secondary N) is 1. The highest BCUT2D eigenvalue weighted by molar-refractivity contribution is 5.58. The molecule has 2 rings (SSSR count). The lowest BCUT2D eigenvalue weighted by Gasteiger charge is -2.21. The van der Waals surface area contributed by atoms with Gasteiger partial charge in [-0.3, -0.25) is 0 Å². The SMILES string of the molecule is CCCOCc1cccc2c1NCCC2. The number of fused-ring (bicyclic) bond motifs is 1. The molecular weight excluding hydrogens is 186 g/mol. The highest BCUT2D eigenvalue weighted by Gasteiger charge is 2.11. The van der Waals surface area contributed by atoms with E-state index in [1.165, 1.54) is 29.7 Å². The van der Waals surface area contributed by atoms with E-state index in [0.29, 0.717) is 0 Å². The monoisotopic (exact) mass is 205 g/mol. The Morgan fingerprint density at radius 2 is 2.33 bits per heavy atom. The first-order valence-corrected chi connectivity index (χ1v) is 5.84. The summed E-state index contributed by atoms with van der Waals surface area (Å²) in [6.07, 6.45) is 3.53. The van der Waals surface area contributed by atoms with E-state index in [9.17, 15) is 0 Å². The molecule has 0 radical (unpaired) electrons. The lowest BCUT2D eigenvalue weighted by atomic mass is 10.00. The van der Waals surface area contributed by atoms with Crippen LogP contribution in [0.4, 0.5) is 5.69 Å². The zero-order chi connectivity index (χ0) is 10.5. The molecule has 2 heteroatoms. The molecule has 1 aliphatic heterocycles. The van der Waals surface area contributed by atoms with Crippen molar-refractivity contribution in [3.63, 3.8) is 0 Å². The van der Waals surface area contributed by atoms with Crippen molar-refractivity contribution in [1.29, 1.82) is 0 Å². The van der Waals surface area contributed by atoms with E-state index in [0.717, 1.165) is 26.2 Å². The van der Waals surface area contributed by atoms with Crippen LogP contribution in [-0.2, 0) is 17.8 Å². The first kappa shape index (κ1) is 10.5. The second-order valence-electron chi connectivity index (χ2n) is 4.03. The van der Waals surface area contributed by atoms with Crippen molar-refractivity contribution in [2.75, 3.05) is 18.5 Å². The average molecular weight is 205 g/mol. The number of benzene rings is 1. The summed E-state index contributed by atoms with van der Waals surface area (Å²) in [5.41, 5.74) is 4.07. The van der Waals surface area contributed by atoms with Gasteiger partial charge in [-0.15, -0.1) is 0 Å². The molecule has 2 nitrogen and oxygen atoms in total. The molecule has 1 N–H and O–H groups in total. The maximum atomic E-state index is 5.59. The molecule has 0 fully saturated rings. The lowest BCUT2D eigenvalue weighted by Crippen LogP contribution is -2.14. The first-order valence-electron chi connectivity index (χ1n) is 5.84. The zero-order valence-corrected chi connectivity index (χ0v) is 9.38. The molecule has 1 heterocycles. The van der Waals surface area contributed by atoms with E-state index in [-0.39, 0.29) is 0 Å². The molecule has 1 aromatic rings. The molecule has 0 aromatic heterocycles. The van der Waals surface area contributed by atoms with Crippen molar-refractivity contribution < 1.29 is 4.74 Å². The molecule has 0 amide bonds. The van der Waals surface area contributed by atoms with E-state index in [4.69, 9.17) is 4.74 Å². The van der Waals surface area contributed by atoms with Gasteiger partial charge < -0.3 is 10.1 Å². The van der Waals surface area contributed by atoms with Gasteiger partial charge in [0.05, 0.1) is 6.61 Å². The minimum atomic E-state index is 0.740. The van der Waals surface area contributed by atoms with Crippen LogP contribution in [0.15, 0.2) is 18.2 Å². The highest BCUT2D eigenvalue weighted by atomic mass is 16.5. The summed E-state index contributed by atoms with van der Waals surface area (Å²) in [4.78, 5) is 0. The standard InChI is InChI=1S/C13H19NO/c1-2-9-15-10-12-6-3-5-11-7-4-8-14-13(11)12/h3,5-6,14H,2,4,7-10H2,1H3. The topological polar surface area (TPSA) is 21.3 Å². The second kappa shape index (κ2) is 5.17. The summed E-state index contributed by atoms with van der Waals surface area (Å²) in [7, 11) is 0. The first-order chi connectivity index (χ1) is 7.42. The number of aryl methyl sites for hydroxylation is 1. The normalized spacial score (nSPS) is 14.5. The lowest BCUT2D eigenvalue weighted by molar-refractivity contribution is 0.122. The van der Waals surface area contributed by atoms with Gasteiger partial charge in [0.2, 0.25) is 0 Å². The predicted molar refractivity (Wildman–Crippen MR) is 63.2 cm³/mol. The van der Waals surface area contributed by atoms with Crippen LogP contribution < -0.4 is 5.32 Å². The molecule has 0 bridgehead atoms. The van der Waals surface area contributed by atoms with E-state index in [1.54, 1.807) is 0 Å². The predicted octanol–water partition coefficient (Wildman–Crippen LogP) is 2.97. The van der Waals surface area contributed by atoms with Gasteiger partial charge in [-0.1, -0.05) is 25.1 Å². The average Bonchev–Trinajstić information content (AvgIpc) is 2.30. The Kier molecular flexibility index (Phi) is 3.62. The number of hydrogen-bond acceptors (Lipinski definition) is 2. The molecule has 1 aliphatic rings. The van der Waals surface area contributed by atoms with E-state index < -0.39 is 0 Å². The van der Waals surface area contributed by atoms with Gasteiger partial charge in [0.25, 0.3) is 0 Å². The molecule has 15 heavy (non-hydrogen) atoms. The summed E-state index contributed by atoms with van der Waals surface area (Å²) in [6.45, 7) is 4.82. The fourth-order valence-electron chi connectivity index (χ4n) is 2.03. The molecule has 82 valence electrons. The molecule has 0 aliphatic carbocycles. The molecule has 0 spiro atoms. The molecular formula is C13H19NO. The third-order valence-corrected chi connectivity index (χ3v) is 2.77. The van der Waals surface area contributed by atoms with Gasteiger partial charge in [-0.25, -0.2) is 0 Å². The van der Waals surface area contributed by atoms with Gasteiger partial charge in [0.1, 0.15) is 0 Å². The van der Waals surface area contributed by atoms with Crippen LogP contribution in [0.2, 0.25) is 0 Å². The van der Waals surface area contributed by atoms with Crippen LogP contribution >= 0.6 is 0 Å². The van der Waals surface area contributed by atoms with Crippen molar-refractivity contribution in [2.45, 2.75) is 32.8 Å². The maximum absolute atomic E-state index is 5.59. The van der Waals surface area contributed by atoms with Crippen LogP contribution in [0, 0.1) is 0 Å². The summed E-state index contributed by atoms with van der Waals surface area (Å²) < 4.78 is 5.59. The minimum Gasteiger partial charge on any atom is -0.385 e. The molecule has 0 saturated heterocycles. The third-order valence-electron chi connectivity index (χ3n) is 2.77. The van der Waals surface area contributed by atoms with Gasteiger partial charge in [0, 0.05) is 24.4 Å². The van der Waals surface area contributed by atoms with E-state index in [1.807, 2.05) is 0 Å². The summed E-state index contributed by atoms with van der Waals surface area (Å²) in [6, 6.07) is 6.51. The van der Waals surface area contributed by atoms with E-state index in [2.05, 4.69) is 30.4 Å². The number of hydrogen-bond donors (Lipinski definition) is 1. The largest absolute Gasteiger partial charge is 0.385 e. The van der Waals surface area contributed by atoms with Gasteiger partial charge in [0.15, 0.2) is 0 Å². The molecule has 0 unspecified atom stereocenters.